The molecule has 0 aliphatic rings. The third-order valence-corrected chi connectivity index (χ3v) is 4.34. The Labute approximate surface area is 122 Å². The van der Waals surface area contributed by atoms with Gasteiger partial charge in [-0.3, -0.25) is 9.59 Å². The van der Waals surface area contributed by atoms with Gasteiger partial charge in [-0.15, -0.1) is 0 Å². The standard InChI is InChI=1S/C15H29NO4/c1-5-12(6-2)16(9-10-17)13(18)11-15(7-3,8-4)14(19)20/h12,17H,5-11H2,1-4H3,(H,19,20). The second-order valence-corrected chi connectivity index (χ2v) is 5.25. The van der Waals surface area contributed by atoms with Crippen molar-refractivity contribution in [2.75, 3.05) is 13.2 Å². The van der Waals surface area contributed by atoms with Crippen molar-refractivity contribution in [3.8, 4) is 0 Å². The monoisotopic (exact) mass is 287 g/mol. The van der Waals surface area contributed by atoms with Crippen LogP contribution in [-0.4, -0.2) is 46.2 Å². The smallest absolute Gasteiger partial charge is 0.310 e. The molecule has 5 nitrogen and oxygen atoms in total. The minimum atomic E-state index is -0.989. The van der Waals surface area contributed by atoms with Crippen molar-refractivity contribution in [1.29, 1.82) is 0 Å². The Bertz CT molecular complexity index is 309. The number of carboxylic acids is 1. The molecule has 0 spiro atoms. The van der Waals surface area contributed by atoms with Gasteiger partial charge in [-0.25, -0.2) is 0 Å². The summed E-state index contributed by atoms with van der Waals surface area (Å²) in [5.74, 6) is -1.08. The molecule has 0 heterocycles. The molecule has 0 aromatic heterocycles. The Morgan fingerprint density at radius 1 is 1.10 bits per heavy atom. The molecule has 0 unspecified atom stereocenters. The van der Waals surface area contributed by atoms with Crippen LogP contribution in [0.15, 0.2) is 0 Å². The zero-order chi connectivity index (χ0) is 15.8. The number of aliphatic hydroxyl groups excluding tert-OH is 1. The van der Waals surface area contributed by atoms with E-state index in [0.29, 0.717) is 12.8 Å². The summed E-state index contributed by atoms with van der Waals surface area (Å²) < 4.78 is 0. The van der Waals surface area contributed by atoms with Crippen molar-refractivity contribution < 1.29 is 19.8 Å². The van der Waals surface area contributed by atoms with E-state index in [1.165, 1.54) is 0 Å². The maximum Gasteiger partial charge on any atom is 0.310 e. The number of hydrogen-bond donors (Lipinski definition) is 2. The van der Waals surface area contributed by atoms with Gasteiger partial charge in [0, 0.05) is 19.0 Å². The van der Waals surface area contributed by atoms with Crippen LogP contribution in [0, 0.1) is 5.41 Å². The molecule has 0 rings (SSSR count). The lowest BCUT2D eigenvalue weighted by Gasteiger charge is -2.34. The van der Waals surface area contributed by atoms with Gasteiger partial charge < -0.3 is 15.1 Å². The Morgan fingerprint density at radius 2 is 1.60 bits per heavy atom. The number of carbonyl (C=O) groups excluding carboxylic acids is 1. The van der Waals surface area contributed by atoms with Crippen LogP contribution in [0.3, 0.4) is 0 Å². The molecule has 0 fully saturated rings. The lowest BCUT2D eigenvalue weighted by atomic mass is 9.78. The molecule has 0 radical (unpaired) electrons. The molecule has 2 N–H and O–H groups in total. The normalized spacial score (nSPS) is 11.7. The Kier molecular flexibility index (Phi) is 8.46. The first kappa shape index (κ1) is 18.9. The van der Waals surface area contributed by atoms with Crippen LogP contribution in [-0.2, 0) is 9.59 Å². The van der Waals surface area contributed by atoms with Gasteiger partial charge in [0.05, 0.1) is 12.0 Å². The topological polar surface area (TPSA) is 77.8 Å². The highest BCUT2D eigenvalue weighted by Crippen LogP contribution is 2.32. The van der Waals surface area contributed by atoms with Crippen molar-refractivity contribution in [1.82, 2.24) is 4.90 Å². The number of aliphatic carboxylic acids is 1. The van der Waals surface area contributed by atoms with Gasteiger partial charge in [0.1, 0.15) is 0 Å². The van der Waals surface area contributed by atoms with Gasteiger partial charge in [-0.05, 0) is 25.7 Å². The highest BCUT2D eigenvalue weighted by molar-refractivity contribution is 5.85. The number of aliphatic hydroxyl groups is 1. The maximum absolute atomic E-state index is 12.5. The molecule has 0 bridgehead atoms. The van der Waals surface area contributed by atoms with E-state index < -0.39 is 11.4 Å². The predicted octanol–water partition coefficient (Wildman–Crippen LogP) is 2.28. The van der Waals surface area contributed by atoms with E-state index in [-0.39, 0.29) is 31.5 Å². The van der Waals surface area contributed by atoms with Crippen LogP contribution in [0.1, 0.15) is 59.8 Å². The van der Waals surface area contributed by atoms with E-state index in [1.807, 2.05) is 13.8 Å². The lowest BCUT2D eigenvalue weighted by Crippen LogP contribution is -2.45. The highest BCUT2D eigenvalue weighted by atomic mass is 16.4. The van der Waals surface area contributed by atoms with E-state index in [0.717, 1.165) is 12.8 Å². The first-order chi connectivity index (χ1) is 9.42. The van der Waals surface area contributed by atoms with Crippen LogP contribution < -0.4 is 0 Å². The molecule has 118 valence electrons. The third-order valence-electron chi connectivity index (χ3n) is 4.34. The zero-order valence-electron chi connectivity index (χ0n) is 13.2. The molecule has 0 aromatic carbocycles. The molecule has 0 aromatic rings. The van der Waals surface area contributed by atoms with Gasteiger partial charge >= 0.3 is 5.97 Å². The number of rotatable bonds is 10. The number of carboxylic acid groups (broad SMARTS) is 1. The van der Waals surface area contributed by atoms with Gasteiger partial charge in [0.2, 0.25) is 5.91 Å². The van der Waals surface area contributed by atoms with E-state index >= 15 is 0 Å². The summed E-state index contributed by atoms with van der Waals surface area (Å²) in [5.41, 5.74) is -0.989. The number of amides is 1. The summed E-state index contributed by atoms with van der Waals surface area (Å²) in [6.07, 6.45) is 2.48. The molecule has 5 heteroatoms. The highest BCUT2D eigenvalue weighted by Gasteiger charge is 2.39. The van der Waals surface area contributed by atoms with Crippen molar-refractivity contribution in [2.45, 2.75) is 65.8 Å². The molecule has 0 saturated carbocycles. The molecule has 0 aliphatic heterocycles. The average molecular weight is 287 g/mol. The number of carbonyl (C=O) groups is 2. The lowest BCUT2D eigenvalue weighted by molar-refractivity contribution is -0.155. The number of nitrogens with zero attached hydrogens (tertiary/aromatic N) is 1. The predicted molar refractivity (Wildman–Crippen MR) is 78.4 cm³/mol. The van der Waals surface area contributed by atoms with E-state index in [9.17, 15) is 14.7 Å². The van der Waals surface area contributed by atoms with E-state index in [2.05, 4.69) is 0 Å². The van der Waals surface area contributed by atoms with Gasteiger partial charge in [0.15, 0.2) is 0 Å². The van der Waals surface area contributed by atoms with Crippen LogP contribution >= 0.6 is 0 Å². The minimum Gasteiger partial charge on any atom is -0.481 e. The first-order valence-corrected chi connectivity index (χ1v) is 7.56. The molecule has 20 heavy (non-hydrogen) atoms. The summed E-state index contributed by atoms with van der Waals surface area (Å²) in [6, 6.07) is 0.0647. The fourth-order valence-corrected chi connectivity index (χ4v) is 2.62. The van der Waals surface area contributed by atoms with Gasteiger partial charge in [-0.1, -0.05) is 27.7 Å². The maximum atomic E-state index is 12.5. The summed E-state index contributed by atoms with van der Waals surface area (Å²) in [6.45, 7) is 7.78. The Balaban J connectivity index is 5.11. The molecule has 1 amide bonds. The summed E-state index contributed by atoms with van der Waals surface area (Å²) in [5, 5.41) is 18.6. The van der Waals surface area contributed by atoms with Crippen molar-refractivity contribution >= 4 is 11.9 Å². The van der Waals surface area contributed by atoms with Crippen LogP contribution in [0.4, 0.5) is 0 Å². The van der Waals surface area contributed by atoms with Crippen LogP contribution in [0.25, 0.3) is 0 Å². The summed E-state index contributed by atoms with van der Waals surface area (Å²) in [7, 11) is 0. The van der Waals surface area contributed by atoms with Crippen LogP contribution in [0.5, 0.6) is 0 Å². The summed E-state index contributed by atoms with van der Waals surface area (Å²) >= 11 is 0. The average Bonchev–Trinajstić information content (AvgIpc) is 2.44. The molecule has 0 aliphatic carbocycles. The van der Waals surface area contributed by atoms with Crippen LogP contribution in [0.2, 0.25) is 0 Å². The summed E-state index contributed by atoms with van der Waals surface area (Å²) in [4.78, 5) is 25.6. The fourth-order valence-electron chi connectivity index (χ4n) is 2.62. The first-order valence-electron chi connectivity index (χ1n) is 7.56. The fraction of sp³-hybridized carbons (Fsp3) is 0.867. The minimum absolute atomic E-state index is 0.00579. The quantitative estimate of drug-likeness (QED) is 0.646. The second-order valence-electron chi connectivity index (χ2n) is 5.25. The molecule has 0 saturated heterocycles. The zero-order valence-corrected chi connectivity index (χ0v) is 13.2. The molecule has 0 atom stereocenters. The second kappa shape index (κ2) is 8.95. The molecular formula is C15H29NO4. The number of hydrogen-bond acceptors (Lipinski definition) is 3. The largest absolute Gasteiger partial charge is 0.481 e. The van der Waals surface area contributed by atoms with Crippen molar-refractivity contribution in [2.24, 2.45) is 5.41 Å². The SMILES string of the molecule is CCC(CC)N(CCO)C(=O)CC(CC)(CC)C(=O)O. The van der Waals surface area contributed by atoms with E-state index in [4.69, 9.17) is 5.11 Å². The Hall–Kier alpha value is -1.10. The molecular weight excluding hydrogens is 258 g/mol. The van der Waals surface area contributed by atoms with Gasteiger partial charge in [-0.2, -0.15) is 0 Å². The van der Waals surface area contributed by atoms with E-state index in [1.54, 1.807) is 18.7 Å². The Morgan fingerprint density at radius 3 is 1.90 bits per heavy atom. The third kappa shape index (κ3) is 4.47. The van der Waals surface area contributed by atoms with Gasteiger partial charge in [0.25, 0.3) is 0 Å². The van der Waals surface area contributed by atoms with Crippen molar-refractivity contribution in [3.63, 3.8) is 0 Å². The van der Waals surface area contributed by atoms with Crippen molar-refractivity contribution in [3.05, 3.63) is 0 Å².